The van der Waals surface area contributed by atoms with Crippen molar-refractivity contribution in [1.29, 1.82) is 0 Å². The third kappa shape index (κ3) is 7.54. The Morgan fingerprint density at radius 1 is 1.32 bits per heavy atom. The number of amides is 1. The van der Waals surface area contributed by atoms with Crippen LogP contribution in [-0.4, -0.2) is 25.4 Å². The molecule has 104 valence electrons. The van der Waals surface area contributed by atoms with E-state index in [9.17, 15) is 9.36 Å². The van der Waals surface area contributed by atoms with Crippen molar-refractivity contribution in [3.8, 4) is 0 Å². The molecule has 0 aliphatic heterocycles. The predicted molar refractivity (Wildman–Crippen MR) is 73.3 cm³/mol. The standard InChI is InChI=1S/C13H18NO4P/c1-2-18-19(16)10-6-9-14-13(15)17-11-12-7-4-3-5-8-12/h3-5,7-8H,2,6,9-11H2,1H3/p+1. The van der Waals surface area contributed by atoms with Gasteiger partial charge in [-0.1, -0.05) is 30.3 Å². The van der Waals surface area contributed by atoms with Gasteiger partial charge in [-0.05, 0) is 17.1 Å². The summed E-state index contributed by atoms with van der Waals surface area (Å²) in [5.74, 6) is 0. The van der Waals surface area contributed by atoms with Gasteiger partial charge in [-0.2, -0.15) is 0 Å². The van der Waals surface area contributed by atoms with Crippen LogP contribution in [0.5, 0.6) is 0 Å². The van der Waals surface area contributed by atoms with Crippen molar-refractivity contribution in [3.63, 3.8) is 0 Å². The summed E-state index contributed by atoms with van der Waals surface area (Å²) in [6, 6.07) is 9.46. The van der Waals surface area contributed by atoms with E-state index < -0.39 is 14.1 Å². The molecule has 1 N–H and O–H groups in total. The van der Waals surface area contributed by atoms with E-state index in [1.165, 1.54) is 0 Å². The molecular formula is C13H19NO4P+. The molecule has 0 heterocycles. The van der Waals surface area contributed by atoms with Crippen molar-refractivity contribution in [2.75, 3.05) is 19.3 Å². The maximum absolute atomic E-state index is 11.3. The molecule has 1 unspecified atom stereocenters. The number of rotatable bonds is 8. The molecule has 1 aromatic carbocycles. The van der Waals surface area contributed by atoms with E-state index in [4.69, 9.17) is 9.26 Å². The van der Waals surface area contributed by atoms with Gasteiger partial charge in [-0.3, -0.25) is 0 Å². The van der Waals surface area contributed by atoms with Gasteiger partial charge in [0.15, 0.2) is 6.16 Å². The number of benzene rings is 1. The zero-order chi connectivity index (χ0) is 13.9. The van der Waals surface area contributed by atoms with Gasteiger partial charge in [0.1, 0.15) is 6.61 Å². The zero-order valence-corrected chi connectivity index (χ0v) is 11.9. The number of hydrogen-bond acceptors (Lipinski definition) is 4. The van der Waals surface area contributed by atoms with Crippen LogP contribution >= 0.6 is 8.03 Å². The molecule has 0 fully saturated rings. The molecule has 0 spiro atoms. The number of nitrogens with one attached hydrogen (secondary N) is 1. The second kappa shape index (κ2) is 9.48. The summed E-state index contributed by atoms with van der Waals surface area (Å²) in [6.07, 6.45) is 0.591. The highest BCUT2D eigenvalue weighted by molar-refractivity contribution is 7.39. The third-order valence-electron chi connectivity index (χ3n) is 2.27. The molecule has 19 heavy (non-hydrogen) atoms. The summed E-state index contributed by atoms with van der Waals surface area (Å²) in [6.45, 7) is 2.93. The molecule has 0 bridgehead atoms. The molecule has 6 heteroatoms. The topological polar surface area (TPSA) is 64.6 Å². The maximum atomic E-state index is 11.3. The molecule has 0 aromatic heterocycles. The smallest absolute Gasteiger partial charge is 0.445 e. The van der Waals surface area contributed by atoms with Crippen LogP contribution in [0.25, 0.3) is 0 Å². The SMILES string of the molecule is CCO[P+](=O)CCCNC(=O)OCc1ccccc1. The fraction of sp³-hybridized carbons (Fsp3) is 0.462. The van der Waals surface area contributed by atoms with E-state index in [0.29, 0.717) is 25.7 Å². The first-order valence-corrected chi connectivity index (χ1v) is 7.60. The Kier molecular flexibility index (Phi) is 7.78. The second-order valence-electron chi connectivity index (χ2n) is 3.82. The minimum Gasteiger partial charge on any atom is -0.445 e. The van der Waals surface area contributed by atoms with Gasteiger partial charge in [0.25, 0.3) is 0 Å². The quantitative estimate of drug-likeness (QED) is 0.588. The molecule has 1 aromatic rings. The highest BCUT2D eigenvalue weighted by Gasteiger charge is 2.15. The molecular weight excluding hydrogens is 265 g/mol. The molecule has 0 saturated carbocycles. The Balaban J connectivity index is 2.07. The monoisotopic (exact) mass is 284 g/mol. The largest absolute Gasteiger partial charge is 0.508 e. The van der Waals surface area contributed by atoms with Crippen molar-refractivity contribution in [2.45, 2.75) is 20.0 Å². The lowest BCUT2D eigenvalue weighted by Crippen LogP contribution is -2.25. The van der Waals surface area contributed by atoms with Crippen LogP contribution in [0.2, 0.25) is 0 Å². The average Bonchev–Trinajstić information content (AvgIpc) is 2.43. The maximum Gasteiger partial charge on any atom is 0.508 e. The first-order chi connectivity index (χ1) is 9.22. The first kappa shape index (κ1) is 15.6. The van der Waals surface area contributed by atoms with E-state index in [1.54, 1.807) is 6.92 Å². The average molecular weight is 284 g/mol. The fourth-order valence-electron chi connectivity index (χ4n) is 1.38. The zero-order valence-electron chi connectivity index (χ0n) is 11.0. The van der Waals surface area contributed by atoms with Gasteiger partial charge in [0, 0.05) is 13.0 Å². The van der Waals surface area contributed by atoms with Crippen LogP contribution in [0, 0.1) is 0 Å². The molecule has 1 rings (SSSR count). The number of carbonyl (C=O) groups excluding carboxylic acids is 1. The molecule has 1 atom stereocenters. The van der Waals surface area contributed by atoms with E-state index in [-0.39, 0.29) is 6.61 Å². The summed E-state index contributed by atoms with van der Waals surface area (Å²) in [5, 5.41) is 2.61. The van der Waals surface area contributed by atoms with Crippen LogP contribution in [0.4, 0.5) is 4.79 Å². The lowest BCUT2D eigenvalue weighted by Gasteiger charge is -2.05. The number of carbonyl (C=O) groups is 1. The highest BCUT2D eigenvalue weighted by Crippen LogP contribution is 2.21. The van der Waals surface area contributed by atoms with Crippen LogP contribution in [0.1, 0.15) is 18.9 Å². The lowest BCUT2D eigenvalue weighted by atomic mass is 10.2. The molecule has 0 aliphatic rings. The molecule has 1 amide bonds. The van der Waals surface area contributed by atoms with Crippen molar-refractivity contribution in [1.82, 2.24) is 5.32 Å². The summed E-state index contributed by atoms with van der Waals surface area (Å²) < 4.78 is 21.1. The first-order valence-electron chi connectivity index (χ1n) is 6.24. The van der Waals surface area contributed by atoms with Crippen molar-refractivity contribution < 1.29 is 18.6 Å². The highest BCUT2D eigenvalue weighted by atomic mass is 31.1. The van der Waals surface area contributed by atoms with Crippen molar-refractivity contribution >= 4 is 14.1 Å². The van der Waals surface area contributed by atoms with E-state index in [2.05, 4.69) is 5.32 Å². The van der Waals surface area contributed by atoms with Gasteiger partial charge in [0.2, 0.25) is 0 Å². The van der Waals surface area contributed by atoms with Crippen LogP contribution in [-0.2, 0) is 20.4 Å². The second-order valence-corrected chi connectivity index (χ2v) is 5.19. The normalized spacial score (nSPS) is 10.9. The fourth-order valence-corrected chi connectivity index (χ4v) is 2.21. The minimum atomic E-state index is -1.60. The lowest BCUT2D eigenvalue weighted by molar-refractivity contribution is 0.139. The Morgan fingerprint density at radius 2 is 2.05 bits per heavy atom. The van der Waals surface area contributed by atoms with Gasteiger partial charge >= 0.3 is 14.1 Å². The van der Waals surface area contributed by atoms with Crippen molar-refractivity contribution in [2.24, 2.45) is 0 Å². The predicted octanol–water partition coefficient (Wildman–Crippen LogP) is 3.08. The molecule has 0 aliphatic carbocycles. The van der Waals surface area contributed by atoms with Gasteiger partial charge in [-0.15, -0.1) is 4.52 Å². The van der Waals surface area contributed by atoms with E-state index >= 15 is 0 Å². The molecule has 0 radical (unpaired) electrons. The summed E-state index contributed by atoms with van der Waals surface area (Å²) in [4.78, 5) is 11.3. The van der Waals surface area contributed by atoms with Crippen LogP contribution in [0.3, 0.4) is 0 Å². The Bertz CT molecular complexity index is 397. The van der Waals surface area contributed by atoms with E-state index in [1.807, 2.05) is 30.3 Å². The number of alkyl carbamates (subject to hydrolysis) is 1. The number of ether oxygens (including phenoxy) is 1. The van der Waals surface area contributed by atoms with Crippen LogP contribution in [0.15, 0.2) is 30.3 Å². The Morgan fingerprint density at radius 3 is 2.74 bits per heavy atom. The van der Waals surface area contributed by atoms with E-state index in [0.717, 1.165) is 5.56 Å². The van der Waals surface area contributed by atoms with Crippen LogP contribution < -0.4 is 5.32 Å². The summed E-state index contributed by atoms with van der Waals surface area (Å²) in [7, 11) is -1.60. The Labute approximate surface area is 114 Å². The summed E-state index contributed by atoms with van der Waals surface area (Å²) >= 11 is 0. The van der Waals surface area contributed by atoms with Gasteiger partial charge in [0.05, 0.1) is 6.61 Å². The van der Waals surface area contributed by atoms with Gasteiger partial charge in [-0.25, -0.2) is 4.79 Å². The third-order valence-corrected chi connectivity index (χ3v) is 3.50. The minimum absolute atomic E-state index is 0.250. The van der Waals surface area contributed by atoms with Gasteiger partial charge < -0.3 is 10.1 Å². The molecule has 5 nitrogen and oxygen atoms in total. The number of hydrogen-bond donors (Lipinski definition) is 1. The Hall–Kier alpha value is -1.45. The summed E-state index contributed by atoms with van der Waals surface area (Å²) in [5.41, 5.74) is 0.942. The van der Waals surface area contributed by atoms with Crippen molar-refractivity contribution in [3.05, 3.63) is 35.9 Å². The molecule has 0 saturated heterocycles.